The van der Waals surface area contributed by atoms with Crippen molar-refractivity contribution in [3.63, 3.8) is 0 Å². The number of aliphatic imine (C=N–C) groups is 1. The Morgan fingerprint density at radius 3 is 3.12 bits per heavy atom. The molecule has 0 saturated carbocycles. The average molecular weight is 351 g/mol. The van der Waals surface area contributed by atoms with Crippen molar-refractivity contribution in [3.8, 4) is 6.19 Å². The maximum atomic E-state index is 8.45. The topological polar surface area (TPSA) is 61.1 Å². The highest BCUT2D eigenvalue weighted by atomic mass is 79.9. The van der Waals surface area contributed by atoms with Gasteiger partial charge in [-0.25, -0.2) is 0 Å². The lowest BCUT2D eigenvalue weighted by molar-refractivity contribution is 1.26. The van der Waals surface area contributed by atoms with Gasteiger partial charge in [0.25, 0.3) is 0 Å². The molecular weight excluding hydrogens is 340 g/mol. The molecule has 1 aromatic heterocycles. The number of hydrogen-bond acceptors (Lipinski definition) is 6. The lowest BCUT2D eigenvalue weighted by atomic mass is 10.5. The van der Waals surface area contributed by atoms with Crippen LogP contribution in [0.1, 0.15) is 5.69 Å². The van der Waals surface area contributed by atoms with Gasteiger partial charge in [0, 0.05) is 29.7 Å². The summed E-state index contributed by atoms with van der Waals surface area (Å²) in [6.07, 6.45) is 1.87. The Bertz CT molecular complexity index is 413. The lowest BCUT2D eigenvalue weighted by Gasteiger charge is -2.02. The van der Waals surface area contributed by atoms with E-state index in [9.17, 15) is 0 Å². The fourth-order valence-corrected chi connectivity index (χ4v) is 4.15. The lowest BCUT2D eigenvalue weighted by Crippen LogP contribution is -2.14. The minimum absolute atomic E-state index is 0.669. The van der Waals surface area contributed by atoms with Crippen LogP contribution in [0.3, 0.4) is 0 Å². The van der Waals surface area contributed by atoms with Crippen LogP contribution in [0.5, 0.6) is 0 Å². The van der Waals surface area contributed by atoms with E-state index in [1.807, 2.05) is 23.3 Å². The molecule has 0 atom stereocenters. The van der Waals surface area contributed by atoms with Crippen LogP contribution in [-0.4, -0.2) is 28.1 Å². The molecule has 0 bridgehead atoms. The largest absolute Gasteiger partial charge is 0.272 e. The Balaban J connectivity index is 2.13. The van der Waals surface area contributed by atoms with Gasteiger partial charge < -0.3 is 0 Å². The van der Waals surface area contributed by atoms with Gasteiger partial charge in [-0.1, -0.05) is 11.8 Å². The highest BCUT2D eigenvalue weighted by Gasteiger charge is 2.03. The zero-order chi connectivity index (χ0) is 12.5. The number of aromatic nitrogens is 1. The molecule has 0 fully saturated rings. The van der Waals surface area contributed by atoms with Gasteiger partial charge in [-0.3, -0.25) is 10.3 Å². The summed E-state index contributed by atoms with van der Waals surface area (Å²) in [6.45, 7) is 0. The van der Waals surface area contributed by atoms with E-state index in [4.69, 9.17) is 5.26 Å². The molecule has 17 heavy (non-hydrogen) atoms. The van der Waals surface area contributed by atoms with Gasteiger partial charge in [-0.05, 0) is 27.5 Å². The fourth-order valence-electron chi connectivity index (χ4n) is 0.914. The number of rotatable bonds is 5. The first-order valence-electron chi connectivity index (χ1n) is 4.69. The minimum atomic E-state index is 0.669. The van der Waals surface area contributed by atoms with E-state index in [1.54, 1.807) is 18.8 Å². The van der Waals surface area contributed by atoms with Gasteiger partial charge in [0.1, 0.15) is 0 Å². The van der Waals surface area contributed by atoms with Gasteiger partial charge in [0.05, 0.1) is 10.2 Å². The quantitative estimate of drug-likeness (QED) is 0.291. The predicted octanol–water partition coefficient (Wildman–Crippen LogP) is 2.93. The third-order valence-electron chi connectivity index (χ3n) is 1.67. The number of nitrogens with one attached hydrogen (secondary N) is 1. The van der Waals surface area contributed by atoms with Crippen molar-refractivity contribution in [2.45, 2.75) is 5.75 Å². The summed E-state index contributed by atoms with van der Waals surface area (Å²) in [5.41, 5.74) is 1.10. The van der Waals surface area contributed by atoms with Crippen molar-refractivity contribution in [1.29, 1.82) is 5.26 Å². The van der Waals surface area contributed by atoms with Crippen molar-refractivity contribution in [1.82, 2.24) is 9.69 Å². The highest BCUT2D eigenvalue weighted by Crippen LogP contribution is 2.22. The summed E-state index contributed by atoms with van der Waals surface area (Å²) in [7, 11) is 1.67. The second-order valence-corrected chi connectivity index (χ2v) is 6.45. The Morgan fingerprint density at radius 2 is 2.53 bits per heavy atom. The zero-order valence-corrected chi connectivity index (χ0v) is 13.2. The smallest absolute Gasteiger partial charge is 0.183 e. The molecule has 0 aromatic carbocycles. The SMILES string of the molecule is C/N=C(\NC#N)SCCSCc1nscc1Br. The maximum absolute atomic E-state index is 8.45. The second-order valence-electron chi connectivity index (χ2n) is 2.78. The van der Waals surface area contributed by atoms with Crippen LogP contribution in [0.2, 0.25) is 0 Å². The van der Waals surface area contributed by atoms with Crippen molar-refractivity contribution in [3.05, 3.63) is 15.5 Å². The van der Waals surface area contributed by atoms with Gasteiger partial charge in [-0.15, -0.1) is 0 Å². The molecule has 8 heteroatoms. The Labute approximate surface area is 122 Å². The summed E-state index contributed by atoms with van der Waals surface area (Å²) in [5.74, 6) is 2.84. The molecule has 0 aliphatic heterocycles. The molecule has 0 spiro atoms. The summed E-state index contributed by atoms with van der Waals surface area (Å²) >= 11 is 8.30. The third-order valence-corrected chi connectivity index (χ3v) is 5.52. The Morgan fingerprint density at radius 1 is 1.71 bits per heavy atom. The standard InChI is InChI=1S/C9H11BrN4S3/c1-12-9(13-6-11)16-3-2-15-5-8-7(10)4-17-14-8/h4H,2-3,5H2,1H3,(H,12,13). The summed E-state index contributed by atoms with van der Waals surface area (Å²) in [6, 6.07) is 0. The molecule has 1 heterocycles. The summed E-state index contributed by atoms with van der Waals surface area (Å²) < 4.78 is 5.37. The molecule has 0 radical (unpaired) electrons. The van der Waals surface area contributed by atoms with E-state index in [1.165, 1.54) is 11.5 Å². The summed E-state index contributed by atoms with van der Waals surface area (Å²) in [5, 5.41) is 13.6. The first kappa shape index (κ1) is 14.8. The average Bonchev–Trinajstić information content (AvgIpc) is 2.73. The van der Waals surface area contributed by atoms with Crippen LogP contribution in [-0.2, 0) is 5.75 Å². The molecule has 1 rings (SSSR count). The van der Waals surface area contributed by atoms with E-state index < -0.39 is 0 Å². The normalized spacial score (nSPS) is 11.2. The van der Waals surface area contributed by atoms with Crippen molar-refractivity contribution < 1.29 is 0 Å². The van der Waals surface area contributed by atoms with Gasteiger partial charge in [0.2, 0.25) is 0 Å². The number of nitriles is 1. The van der Waals surface area contributed by atoms with Gasteiger partial charge in [-0.2, -0.15) is 21.4 Å². The monoisotopic (exact) mass is 350 g/mol. The van der Waals surface area contributed by atoms with Crippen LogP contribution in [0.25, 0.3) is 0 Å². The fraction of sp³-hybridized carbons (Fsp3) is 0.444. The van der Waals surface area contributed by atoms with Gasteiger partial charge in [0.15, 0.2) is 11.4 Å². The number of halogens is 1. The number of nitrogens with zero attached hydrogens (tertiary/aromatic N) is 3. The van der Waals surface area contributed by atoms with Crippen LogP contribution < -0.4 is 5.32 Å². The molecule has 1 aromatic rings. The van der Waals surface area contributed by atoms with E-state index in [-0.39, 0.29) is 0 Å². The van der Waals surface area contributed by atoms with E-state index in [0.717, 1.165) is 27.4 Å². The Hall–Kier alpha value is -0.230. The Kier molecular flexibility index (Phi) is 7.68. The summed E-state index contributed by atoms with van der Waals surface area (Å²) in [4.78, 5) is 3.96. The molecule has 0 unspecified atom stereocenters. The molecule has 1 N–H and O–H groups in total. The van der Waals surface area contributed by atoms with Gasteiger partial charge >= 0.3 is 0 Å². The third kappa shape index (κ3) is 5.77. The predicted molar refractivity (Wildman–Crippen MR) is 80.5 cm³/mol. The highest BCUT2D eigenvalue weighted by molar-refractivity contribution is 9.10. The number of thioether (sulfide) groups is 2. The van der Waals surface area contributed by atoms with Crippen LogP contribution in [0.4, 0.5) is 0 Å². The van der Waals surface area contributed by atoms with E-state index in [0.29, 0.717) is 5.17 Å². The first-order valence-corrected chi connectivity index (χ1v) is 8.46. The molecule has 0 saturated heterocycles. The molecular formula is C9H11BrN4S3. The molecule has 0 aliphatic rings. The molecule has 4 nitrogen and oxygen atoms in total. The van der Waals surface area contributed by atoms with Crippen molar-refractivity contribution >= 4 is 56.2 Å². The molecule has 0 aliphatic carbocycles. The number of hydrogen-bond donors (Lipinski definition) is 1. The zero-order valence-electron chi connectivity index (χ0n) is 9.14. The maximum Gasteiger partial charge on any atom is 0.183 e. The number of amidine groups is 1. The van der Waals surface area contributed by atoms with Crippen LogP contribution >= 0.6 is 51.0 Å². The molecule has 92 valence electrons. The van der Waals surface area contributed by atoms with Crippen molar-refractivity contribution in [2.75, 3.05) is 18.6 Å². The molecule has 0 amide bonds. The van der Waals surface area contributed by atoms with E-state index >= 15 is 0 Å². The van der Waals surface area contributed by atoms with Crippen LogP contribution in [0.15, 0.2) is 14.8 Å². The first-order chi connectivity index (χ1) is 8.27. The second kappa shape index (κ2) is 8.80. The van der Waals surface area contributed by atoms with E-state index in [2.05, 4.69) is 30.6 Å². The van der Waals surface area contributed by atoms with Crippen LogP contribution in [0, 0.1) is 11.5 Å². The minimum Gasteiger partial charge on any atom is -0.272 e. The van der Waals surface area contributed by atoms with Crippen molar-refractivity contribution in [2.24, 2.45) is 4.99 Å².